The highest BCUT2D eigenvalue weighted by atomic mass is 32.2. The fourth-order valence-corrected chi connectivity index (χ4v) is 6.36. The number of carbonyl (C=O) groups is 3. The van der Waals surface area contributed by atoms with Gasteiger partial charge in [0, 0.05) is 16.4 Å². The molecule has 5 rings (SSSR count). The Labute approximate surface area is 253 Å². The molecule has 0 radical (unpaired) electrons. The van der Waals surface area contributed by atoms with Crippen LogP contribution in [0.25, 0.3) is 0 Å². The van der Waals surface area contributed by atoms with Crippen molar-refractivity contribution in [3.05, 3.63) is 119 Å². The minimum Gasteiger partial charge on any atom is -0.448 e. The molecule has 3 atom stereocenters. The summed E-state index contributed by atoms with van der Waals surface area (Å²) in [5.74, 6) is -1.74. The first-order valence-electron chi connectivity index (χ1n) is 13.5. The highest BCUT2D eigenvalue weighted by Gasteiger charge is 2.56. The van der Waals surface area contributed by atoms with Crippen molar-refractivity contribution in [1.29, 1.82) is 0 Å². The van der Waals surface area contributed by atoms with Crippen LogP contribution in [-0.2, 0) is 28.8 Å². The SMILES string of the molecule is CON=CC1=C(C(=O)OC(c2ccccc2)c2ccccc2)N2C(=O)C(NC(=O)/C(=N/OC)c3ccccc3)[C@H]2S[C@@H]1C. The number of benzene rings is 3. The van der Waals surface area contributed by atoms with Gasteiger partial charge >= 0.3 is 5.97 Å². The van der Waals surface area contributed by atoms with Crippen molar-refractivity contribution in [2.45, 2.75) is 29.7 Å². The van der Waals surface area contributed by atoms with Gasteiger partial charge in [-0.2, -0.15) is 0 Å². The number of ether oxygens (including phenoxy) is 1. The predicted octanol–water partition coefficient (Wildman–Crippen LogP) is 4.04. The van der Waals surface area contributed by atoms with E-state index in [9.17, 15) is 14.4 Å². The standard InChI is InChI=1S/C32H30N4O6S/c1-20-24(19-33-40-2)27(32(39)42-28(22-15-9-5-10-16-22)23-17-11-6-12-18-23)36-30(38)26(31(36)43-20)34-29(37)25(35-41-3)21-13-7-4-8-14-21/h4-20,26,28,31H,1-3H3,(H,34,37)/b33-19?,35-25+/t20-,26?,31-/m1/s1. The third kappa shape index (κ3) is 6.17. The van der Waals surface area contributed by atoms with Crippen LogP contribution in [0.2, 0.25) is 0 Å². The molecule has 10 nitrogen and oxygen atoms in total. The van der Waals surface area contributed by atoms with E-state index in [0.717, 1.165) is 11.1 Å². The van der Waals surface area contributed by atoms with E-state index in [1.54, 1.807) is 24.3 Å². The number of amides is 2. The number of oxime groups is 2. The van der Waals surface area contributed by atoms with Crippen molar-refractivity contribution in [3.63, 3.8) is 0 Å². The van der Waals surface area contributed by atoms with Crippen LogP contribution in [0.5, 0.6) is 0 Å². The van der Waals surface area contributed by atoms with E-state index in [-0.39, 0.29) is 16.7 Å². The molecule has 3 aromatic carbocycles. The van der Waals surface area contributed by atoms with E-state index in [4.69, 9.17) is 14.4 Å². The zero-order valence-electron chi connectivity index (χ0n) is 23.7. The summed E-state index contributed by atoms with van der Waals surface area (Å²) >= 11 is 1.41. The molecule has 220 valence electrons. The molecule has 1 saturated heterocycles. The van der Waals surface area contributed by atoms with E-state index < -0.39 is 35.3 Å². The maximum Gasteiger partial charge on any atom is 0.356 e. The second kappa shape index (κ2) is 13.4. The average molecular weight is 599 g/mol. The predicted molar refractivity (Wildman–Crippen MR) is 163 cm³/mol. The number of β-lactam (4-membered cyclic amide) rings is 1. The smallest absolute Gasteiger partial charge is 0.356 e. The van der Waals surface area contributed by atoms with Crippen molar-refractivity contribution in [2.75, 3.05) is 14.2 Å². The molecule has 0 bridgehead atoms. The minimum absolute atomic E-state index is 0.0277. The normalized spacial score (nSPS) is 20.0. The highest BCUT2D eigenvalue weighted by molar-refractivity contribution is 8.00. The number of rotatable bonds is 10. The second-order valence-corrected chi connectivity index (χ2v) is 11.1. The summed E-state index contributed by atoms with van der Waals surface area (Å²) in [5, 5.41) is 9.70. The third-order valence-electron chi connectivity index (χ3n) is 6.99. The van der Waals surface area contributed by atoms with Crippen molar-refractivity contribution < 1.29 is 28.8 Å². The van der Waals surface area contributed by atoms with Gasteiger partial charge < -0.3 is 19.7 Å². The van der Waals surface area contributed by atoms with Crippen LogP contribution in [0.3, 0.4) is 0 Å². The van der Waals surface area contributed by atoms with Gasteiger partial charge in [-0.25, -0.2) is 4.79 Å². The van der Waals surface area contributed by atoms with E-state index in [0.29, 0.717) is 11.1 Å². The monoisotopic (exact) mass is 598 g/mol. The molecule has 2 amide bonds. The van der Waals surface area contributed by atoms with Crippen molar-refractivity contribution in [2.24, 2.45) is 10.3 Å². The van der Waals surface area contributed by atoms with Gasteiger partial charge in [0.1, 0.15) is 31.3 Å². The van der Waals surface area contributed by atoms with E-state index in [1.165, 1.54) is 37.1 Å². The first kappa shape index (κ1) is 29.6. The van der Waals surface area contributed by atoms with Crippen molar-refractivity contribution in [1.82, 2.24) is 10.2 Å². The molecule has 2 aliphatic rings. The molecule has 0 saturated carbocycles. The summed E-state index contributed by atoms with van der Waals surface area (Å²) in [5.41, 5.74) is 2.63. The molecule has 1 N–H and O–H groups in total. The number of nitrogens with one attached hydrogen (secondary N) is 1. The quantitative estimate of drug-likeness (QED) is 0.162. The Morgan fingerprint density at radius 1 is 0.907 bits per heavy atom. The molecule has 0 spiro atoms. The molecule has 1 fully saturated rings. The van der Waals surface area contributed by atoms with E-state index >= 15 is 0 Å². The van der Waals surface area contributed by atoms with Gasteiger partial charge in [-0.05, 0) is 18.1 Å². The topological polar surface area (TPSA) is 119 Å². The Hall–Kier alpha value is -4.90. The number of hydrogen-bond donors (Lipinski definition) is 1. The fourth-order valence-electron chi connectivity index (χ4n) is 4.95. The Morgan fingerprint density at radius 2 is 1.49 bits per heavy atom. The molecule has 3 aromatic rings. The molecule has 0 aliphatic carbocycles. The zero-order chi connectivity index (χ0) is 30.3. The van der Waals surface area contributed by atoms with E-state index in [2.05, 4.69) is 15.6 Å². The number of thioether (sulfide) groups is 1. The molecule has 2 heterocycles. The van der Waals surface area contributed by atoms with Crippen LogP contribution >= 0.6 is 11.8 Å². The van der Waals surface area contributed by atoms with E-state index in [1.807, 2.05) is 73.7 Å². The second-order valence-electron chi connectivity index (χ2n) is 9.64. The lowest BCUT2D eigenvalue weighted by molar-refractivity contribution is -0.154. The molecule has 1 unspecified atom stereocenters. The maximum atomic E-state index is 14.0. The zero-order valence-corrected chi connectivity index (χ0v) is 24.6. The first-order valence-corrected chi connectivity index (χ1v) is 14.5. The molecule has 2 aliphatic heterocycles. The van der Waals surface area contributed by atoms with Gasteiger partial charge in [0.25, 0.3) is 11.8 Å². The number of fused-ring (bicyclic) bond motifs is 1. The molecule has 43 heavy (non-hydrogen) atoms. The lowest BCUT2D eigenvalue weighted by Gasteiger charge is -2.51. The fraction of sp³-hybridized carbons (Fsp3) is 0.219. The first-order chi connectivity index (χ1) is 20.9. The summed E-state index contributed by atoms with van der Waals surface area (Å²) in [4.78, 5) is 52.1. The Balaban J connectivity index is 1.45. The number of esters is 1. The van der Waals surface area contributed by atoms with Gasteiger partial charge in [-0.15, -0.1) is 11.8 Å². The summed E-state index contributed by atoms with van der Waals surface area (Å²) in [6, 6.07) is 26.6. The van der Waals surface area contributed by atoms with Crippen LogP contribution in [0.1, 0.15) is 29.7 Å². The van der Waals surface area contributed by atoms with Crippen LogP contribution in [-0.4, -0.2) is 65.5 Å². The van der Waals surface area contributed by atoms with Gasteiger partial charge in [-0.1, -0.05) is 101 Å². The summed E-state index contributed by atoms with van der Waals surface area (Å²) in [7, 11) is 2.74. The van der Waals surface area contributed by atoms with Gasteiger partial charge in [0.05, 0.1) is 6.21 Å². The Morgan fingerprint density at radius 3 is 2.05 bits per heavy atom. The van der Waals surface area contributed by atoms with Gasteiger partial charge in [0.2, 0.25) is 0 Å². The maximum absolute atomic E-state index is 14.0. The molecule has 11 heteroatoms. The molecular weight excluding hydrogens is 568 g/mol. The Kier molecular flexibility index (Phi) is 9.21. The number of nitrogens with zero attached hydrogens (tertiary/aromatic N) is 3. The van der Waals surface area contributed by atoms with Crippen molar-refractivity contribution >= 4 is 41.5 Å². The van der Waals surface area contributed by atoms with Crippen LogP contribution in [0.4, 0.5) is 0 Å². The van der Waals surface area contributed by atoms with Crippen LogP contribution < -0.4 is 5.32 Å². The number of hydrogen-bond acceptors (Lipinski definition) is 9. The molecular formula is C32H30N4O6S. The minimum atomic E-state index is -0.909. The highest BCUT2D eigenvalue weighted by Crippen LogP contribution is 2.44. The third-order valence-corrected chi connectivity index (χ3v) is 8.41. The summed E-state index contributed by atoms with van der Waals surface area (Å²) in [6.45, 7) is 1.89. The molecule has 0 aromatic heterocycles. The largest absolute Gasteiger partial charge is 0.448 e. The van der Waals surface area contributed by atoms with Crippen LogP contribution in [0.15, 0.2) is 113 Å². The number of carbonyl (C=O) groups excluding carboxylic acids is 3. The Bertz CT molecular complexity index is 1520. The lowest BCUT2D eigenvalue weighted by atomic mass is 9.99. The lowest BCUT2D eigenvalue weighted by Crippen LogP contribution is -2.71. The van der Waals surface area contributed by atoms with Gasteiger partial charge in [-0.3, -0.25) is 14.5 Å². The van der Waals surface area contributed by atoms with Crippen LogP contribution in [0, 0.1) is 0 Å². The summed E-state index contributed by atoms with van der Waals surface area (Å²) < 4.78 is 6.14. The average Bonchev–Trinajstić information content (AvgIpc) is 3.05. The summed E-state index contributed by atoms with van der Waals surface area (Å²) in [6.07, 6.45) is 0.694. The van der Waals surface area contributed by atoms with Crippen molar-refractivity contribution in [3.8, 4) is 0 Å². The van der Waals surface area contributed by atoms with Gasteiger partial charge in [0.15, 0.2) is 11.8 Å².